The van der Waals surface area contributed by atoms with Gasteiger partial charge in [0, 0.05) is 18.0 Å². The van der Waals surface area contributed by atoms with Crippen LogP contribution in [0.4, 0.5) is 5.69 Å². The largest absolute Gasteiger partial charge is 0.330 e. The number of hydrogen-bond donors (Lipinski definition) is 2. The van der Waals surface area contributed by atoms with Crippen molar-refractivity contribution < 1.29 is 0 Å². The van der Waals surface area contributed by atoms with Crippen molar-refractivity contribution in [3.05, 3.63) is 72.3 Å². The molecule has 26 heavy (non-hydrogen) atoms. The lowest BCUT2D eigenvalue weighted by molar-refractivity contribution is 0.872. The van der Waals surface area contributed by atoms with E-state index < -0.39 is 0 Å². The lowest BCUT2D eigenvalue weighted by Gasteiger charge is -2.07. The Morgan fingerprint density at radius 3 is 2.15 bits per heavy atom. The number of aryl methyl sites for hydroxylation is 1. The number of benzene rings is 2. The Labute approximate surface area is 165 Å². The first-order chi connectivity index (χ1) is 12.6. The molecule has 0 fully saturated rings. The van der Waals surface area contributed by atoms with Crippen molar-refractivity contribution in [3.8, 4) is 0 Å². The zero-order valence-corrected chi connectivity index (χ0v) is 18.0. The lowest BCUT2D eigenvalue weighted by Crippen LogP contribution is -2.10. The molecule has 0 aliphatic carbocycles. The van der Waals surface area contributed by atoms with Gasteiger partial charge in [0.2, 0.25) is 0 Å². The molecule has 0 aliphatic heterocycles. The summed E-state index contributed by atoms with van der Waals surface area (Å²) in [6, 6.07) is 18.8. The fourth-order valence-corrected chi connectivity index (χ4v) is 2.55. The van der Waals surface area contributed by atoms with Gasteiger partial charge in [-0.25, -0.2) is 0 Å². The Morgan fingerprint density at radius 2 is 1.65 bits per heavy atom. The molecule has 0 unspecified atom stereocenters. The second-order valence-electron chi connectivity index (χ2n) is 5.96. The van der Waals surface area contributed by atoms with Gasteiger partial charge in [-0.15, -0.1) is 0 Å². The fourth-order valence-electron chi connectivity index (χ4n) is 1.85. The van der Waals surface area contributed by atoms with E-state index in [9.17, 15) is 0 Å². The van der Waals surface area contributed by atoms with Crippen molar-refractivity contribution in [2.45, 2.75) is 40.5 Å². The molecule has 0 radical (unpaired) electrons. The van der Waals surface area contributed by atoms with E-state index in [1.807, 2.05) is 26.1 Å². The topological polar surface area (TPSA) is 24.1 Å². The molecule has 0 spiro atoms. The standard InChI is InChI=1S/C12H18N2S.C8H10.C3H8/c1-10(2)11-5-4-6-12(9-11)14-15-8-7-13-3;1-2-8-6-4-3-5-7-8;1-3-2/h4-6,9,13-14H,1,7-8H2,2-3H3;3-7H,2H2,1H3;3H2,1-2H3. The summed E-state index contributed by atoms with van der Waals surface area (Å²) in [6.07, 6.45) is 2.39. The van der Waals surface area contributed by atoms with E-state index in [1.54, 1.807) is 11.9 Å². The van der Waals surface area contributed by atoms with Gasteiger partial charge in [-0.05, 0) is 43.7 Å². The third-order valence-electron chi connectivity index (χ3n) is 3.25. The van der Waals surface area contributed by atoms with Gasteiger partial charge in [0.15, 0.2) is 0 Å². The maximum atomic E-state index is 3.93. The maximum Gasteiger partial charge on any atom is 0.0446 e. The molecule has 0 aliphatic rings. The number of rotatable bonds is 7. The Hall–Kier alpha value is -1.71. The summed E-state index contributed by atoms with van der Waals surface area (Å²) < 4.78 is 3.31. The van der Waals surface area contributed by atoms with Crippen LogP contribution in [0.25, 0.3) is 5.57 Å². The van der Waals surface area contributed by atoms with Crippen molar-refractivity contribution >= 4 is 23.2 Å². The van der Waals surface area contributed by atoms with Crippen LogP contribution in [0.3, 0.4) is 0 Å². The second kappa shape index (κ2) is 16.7. The predicted molar refractivity (Wildman–Crippen MR) is 123 cm³/mol. The third kappa shape index (κ3) is 12.6. The number of nitrogens with one attached hydrogen (secondary N) is 2. The highest BCUT2D eigenvalue weighted by molar-refractivity contribution is 8.00. The van der Waals surface area contributed by atoms with E-state index in [0.29, 0.717) is 0 Å². The zero-order chi connectivity index (χ0) is 19.6. The first-order valence-corrected chi connectivity index (χ1v) is 10.4. The summed E-state index contributed by atoms with van der Waals surface area (Å²) >= 11 is 1.71. The van der Waals surface area contributed by atoms with Gasteiger partial charge in [0.25, 0.3) is 0 Å². The SMILES string of the molecule is C=C(C)c1cccc(NSCCNC)c1.CCC.CCc1ccccc1. The van der Waals surface area contributed by atoms with E-state index in [4.69, 9.17) is 0 Å². The van der Waals surface area contributed by atoms with Gasteiger partial charge in [-0.2, -0.15) is 0 Å². The van der Waals surface area contributed by atoms with E-state index in [1.165, 1.54) is 17.5 Å². The molecule has 2 aromatic carbocycles. The molecule has 0 aromatic heterocycles. The van der Waals surface area contributed by atoms with Gasteiger partial charge in [0.05, 0.1) is 0 Å². The minimum atomic E-state index is 1.01. The molecule has 0 amide bonds. The van der Waals surface area contributed by atoms with E-state index in [-0.39, 0.29) is 0 Å². The molecule has 0 saturated heterocycles. The molecule has 144 valence electrons. The Balaban J connectivity index is 0.000000474. The lowest BCUT2D eigenvalue weighted by atomic mass is 10.1. The van der Waals surface area contributed by atoms with Gasteiger partial charge >= 0.3 is 0 Å². The van der Waals surface area contributed by atoms with Gasteiger partial charge in [0.1, 0.15) is 0 Å². The molecular formula is C23H36N2S. The van der Waals surface area contributed by atoms with Crippen LogP contribution in [0.1, 0.15) is 45.2 Å². The molecule has 2 N–H and O–H groups in total. The van der Waals surface area contributed by atoms with Crippen molar-refractivity contribution in [2.24, 2.45) is 0 Å². The quantitative estimate of drug-likeness (QED) is 0.419. The van der Waals surface area contributed by atoms with Crippen LogP contribution < -0.4 is 10.0 Å². The third-order valence-corrected chi connectivity index (χ3v) is 4.04. The monoisotopic (exact) mass is 372 g/mol. The Bertz CT molecular complexity index is 582. The van der Waals surface area contributed by atoms with Crippen molar-refractivity contribution in [1.82, 2.24) is 5.32 Å². The summed E-state index contributed by atoms with van der Waals surface area (Å²) in [5, 5.41) is 3.11. The summed E-state index contributed by atoms with van der Waals surface area (Å²) in [6.45, 7) is 13.4. The zero-order valence-electron chi connectivity index (χ0n) is 17.1. The molecule has 2 aromatic rings. The van der Waals surface area contributed by atoms with Crippen molar-refractivity contribution in [2.75, 3.05) is 24.1 Å². The molecule has 2 nitrogen and oxygen atoms in total. The average molecular weight is 373 g/mol. The van der Waals surface area contributed by atoms with Crippen LogP contribution in [-0.2, 0) is 6.42 Å². The molecular weight excluding hydrogens is 336 g/mol. The molecule has 3 heteroatoms. The molecule has 0 bridgehead atoms. The highest BCUT2D eigenvalue weighted by Crippen LogP contribution is 2.18. The maximum absolute atomic E-state index is 3.93. The van der Waals surface area contributed by atoms with Gasteiger partial charge in [-0.1, -0.05) is 93.8 Å². The minimum Gasteiger partial charge on any atom is -0.330 e. The van der Waals surface area contributed by atoms with E-state index >= 15 is 0 Å². The molecule has 2 rings (SSSR count). The Morgan fingerprint density at radius 1 is 1.00 bits per heavy atom. The van der Waals surface area contributed by atoms with Crippen LogP contribution in [-0.4, -0.2) is 19.3 Å². The van der Waals surface area contributed by atoms with Crippen LogP contribution in [0.15, 0.2) is 61.2 Å². The summed E-state index contributed by atoms with van der Waals surface area (Å²) in [5.74, 6) is 1.05. The van der Waals surface area contributed by atoms with Crippen LogP contribution in [0.2, 0.25) is 0 Å². The van der Waals surface area contributed by atoms with Crippen LogP contribution in [0.5, 0.6) is 0 Å². The first-order valence-electron chi connectivity index (χ1n) is 9.41. The van der Waals surface area contributed by atoms with E-state index in [2.05, 4.69) is 79.9 Å². The number of hydrogen-bond acceptors (Lipinski definition) is 3. The summed E-state index contributed by atoms with van der Waals surface area (Å²) in [4.78, 5) is 0. The summed E-state index contributed by atoms with van der Waals surface area (Å²) in [5.41, 5.74) is 4.83. The molecule has 0 saturated carbocycles. The number of anilines is 1. The molecule has 0 atom stereocenters. The smallest absolute Gasteiger partial charge is 0.0446 e. The van der Waals surface area contributed by atoms with Crippen LogP contribution in [0, 0.1) is 0 Å². The van der Waals surface area contributed by atoms with Gasteiger partial charge in [-0.3, -0.25) is 0 Å². The van der Waals surface area contributed by atoms with Crippen molar-refractivity contribution in [1.29, 1.82) is 0 Å². The van der Waals surface area contributed by atoms with Crippen molar-refractivity contribution in [3.63, 3.8) is 0 Å². The van der Waals surface area contributed by atoms with E-state index in [0.717, 1.165) is 30.0 Å². The first kappa shape index (κ1) is 24.3. The normalized spacial score (nSPS) is 9.27. The predicted octanol–water partition coefficient (Wildman–Crippen LogP) is 6.66. The van der Waals surface area contributed by atoms with Crippen LogP contribution >= 0.6 is 11.9 Å². The number of allylic oxidation sites excluding steroid dienone is 1. The minimum absolute atomic E-state index is 1.01. The second-order valence-corrected chi connectivity index (χ2v) is 6.86. The van der Waals surface area contributed by atoms with Gasteiger partial charge < -0.3 is 10.0 Å². The molecule has 0 heterocycles. The summed E-state index contributed by atoms with van der Waals surface area (Å²) in [7, 11) is 1.96. The highest BCUT2D eigenvalue weighted by Gasteiger charge is 1.95. The highest BCUT2D eigenvalue weighted by atomic mass is 32.2. The fraction of sp³-hybridized carbons (Fsp3) is 0.391. The Kier molecular flexibility index (Phi) is 15.6. The average Bonchev–Trinajstić information content (AvgIpc) is 2.67.